The van der Waals surface area contributed by atoms with E-state index in [2.05, 4.69) is 15.0 Å². The molecule has 1 aliphatic rings. The monoisotopic (exact) mass is 374 g/mol. The largest absolute Gasteiger partial charge is 0.467 e. The molecule has 2 heterocycles. The molecule has 0 aromatic carbocycles. The van der Waals surface area contributed by atoms with Gasteiger partial charge in [0.05, 0.1) is 5.92 Å². The number of ether oxygens (including phenoxy) is 1. The predicted octanol–water partition coefficient (Wildman–Crippen LogP) is 0.950. The maximum Gasteiger partial charge on any atom is 0.422 e. The van der Waals surface area contributed by atoms with Gasteiger partial charge in [-0.15, -0.1) is 0 Å². The first-order valence-corrected chi connectivity index (χ1v) is 8.23. The summed E-state index contributed by atoms with van der Waals surface area (Å²) in [6.07, 6.45) is -2.03. The minimum atomic E-state index is -4.53. The second kappa shape index (κ2) is 8.84. The van der Waals surface area contributed by atoms with Crippen molar-refractivity contribution in [2.45, 2.75) is 19.0 Å². The summed E-state index contributed by atoms with van der Waals surface area (Å²) in [5.41, 5.74) is 5.30. The van der Waals surface area contributed by atoms with Crippen molar-refractivity contribution in [1.82, 2.24) is 15.2 Å². The van der Waals surface area contributed by atoms with Gasteiger partial charge in [0.1, 0.15) is 5.56 Å². The molecule has 1 saturated heterocycles. The van der Waals surface area contributed by atoms with Gasteiger partial charge in [0, 0.05) is 32.4 Å². The summed E-state index contributed by atoms with van der Waals surface area (Å²) < 4.78 is 41.8. The molecule has 0 bridgehead atoms. The SMILES string of the molecule is NCCNC(=O)C1CCCN(C(=O)c2cccnc2OCC(F)(F)F)C1. The van der Waals surface area contributed by atoms with Crippen molar-refractivity contribution < 1.29 is 27.5 Å². The number of rotatable bonds is 6. The molecule has 1 aromatic heterocycles. The van der Waals surface area contributed by atoms with Gasteiger partial charge in [0.25, 0.3) is 5.91 Å². The number of hydrogen-bond donors (Lipinski definition) is 2. The topological polar surface area (TPSA) is 97.6 Å². The Morgan fingerprint density at radius 3 is 2.88 bits per heavy atom. The number of amides is 2. The smallest absolute Gasteiger partial charge is 0.422 e. The number of alkyl halides is 3. The van der Waals surface area contributed by atoms with Crippen LogP contribution in [-0.4, -0.2) is 60.7 Å². The number of nitrogens with one attached hydrogen (secondary N) is 1. The lowest BCUT2D eigenvalue weighted by Crippen LogP contribution is -2.46. The summed E-state index contributed by atoms with van der Waals surface area (Å²) in [6.45, 7) is -0.275. The highest BCUT2D eigenvalue weighted by molar-refractivity contribution is 5.96. The molecule has 0 radical (unpaired) electrons. The molecule has 10 heteroatoms. The summed E-state index contributed by atoms with van der Waals surface area (Å²) >= 11 is 0. The van der Waals surface area contributed by atoms with E-state index in [0.29, 0.717) is 32.5 Å². The molecule has 0 aliphatic carbocycles. The van der Waals surface area contributed by atoms with Crippen LogP contribution in [0.15, 0.2) is 18.3 Å². The number of nitrogens with two attached hydrogens (primary N) is 1. The van der Waals surface area contributed by atoms with Crippen molar-refractivity contribution in [2.24, 2.45) is 11.7 Å². The van der Waals surface area contributed by atoms with Crippen LogP contribution in [0.3, 0.4) is 0 Å². The molecule has 144 valence electrons. The fourth-order valence-electron chi connectivity index (χ4n) is 2.70. The van der Waals surface area contributed by atoms with E-state index < -0.39 is 18.7 Å². The number of carbonyl (C=O) groups excluding carboxylic acids is 2. The molecule has 1 atom stereocenters. The van der Waals surface area contributed by atoms with Crippen LogP contribution < -0.4 is 15.8 Å². The number of piperidine rings is 1. The zero-order valence-electron chi connectivity index (χ0n) is 14.1. The molecule has 2 rings (SSSR count). The first-order chi connectivity index (χ1) is 12.3. The number of hydrogen-bond acceptors (Lipinski definition) is 5. The molecule has 2 amide bonds. The van der Waals surface area contributed by atoms with E-state index in [4.69, 9.17) is 5.73 Å². The van der Waals surface area contributed by atoms with E-state index in [9.17, 15) is 22.8 Å². The van der Waals surface area contributed by atoms with Crippen LogP contribution in [0, 0.1) is 5.92 Å². The molecule has 0 saturated carbocycles. The molecule has 7 nitrogen and oxygen atoms in total. The van der Waals surface area contributed by atoms with Crippen LogP contribution in [-0.2, 0) is 4.79 Å². The molecule has 1 fully saturated rings. The molecule has 1 unspecified atom stereocenters. The summed E-state index contributed by atoms with van der Waals surface area (Å²) in [5.74, 6) is -1.45. The average molecular weight is 374 g/mol. The van der Waals surface area contributed by atoms with Gasteiger partial charge in [-0.2, -0.15) is 13.2 Å². The Labute approximate surface area is 148 Å². The molecular weight excluding hydrogens is 353 g/mol. The van der Waals surface area contributed by atoms with Crippen LogP contribution in [0.5, 0.6) is 5.88 Å². The first-order valence-electron chi connectivity index (χ1n) is 8.23. The van der Waals surface area contributed by atoms with Crippen molar-refractivity contribution in [1.29, 1.82) is 0 Å². The van der Waals surface area contributed by atoms with Gasteiger partial charge in [0.15, 0.2) is 6.61 Å². The lowest BCUT2D eigenvalue weighted by molar-refractivity contribution is -0.154. The maximum absolute atomic E-state index is 12.7. The Morgan fingerprint density at radius 1 is 1.42 bits per heavy atom. The van der Waals surface area contributed by atoms with Crippen LogP contribution >= 0.6 is 0 Å². The van der Waals surface area contributed by atoms with E-state index in [0.717, 1.165) is 0 Å². The average Bonchev–Trinajstić information content (AvgIpc) is 2.63. The number of likely N-dealkylation sites (tertiary alicyclic amines) is 1. The van der Waals surface area contributed by atoms with Gasteiger partial charge in [-0.05, 0) is 25.0 Å². The van der Waals surface area contributed by atoms with Crippen LogP contribution in [0.1, 0.15) is 23.2 Å². The molecule has 0 spiro atoms. The quantitative estimate of drug-likeness (QED) is 0.773. The Bertz CT molecular complexity index is 639. The normalized spacial score (nSPS) is 17.7. The predicted molar refractivity (Wildman–Crippen MR) is 86.5 cm³/mol. The number of carbonyl (C=O) groups is 2. The summed E-state index contributed by atoms with van der Waals surface area (Å²) in [4.78, 5) is 29.9. The van der Waals surface area contributed by atoms with Crippen molar-refractivity contribution >= 4 is 11.8 Å². The fourth-order valence-corrected chi connectivity index (χ4v) is 2.70. The third kappa shape index (κ3) is 5.58. The maximum atomic E-state index is 12.7. The van der Waals surface area contributed by atoms with E-state index in [1.54, 1.807) is 0 Å². The van der Waals surface area contributed by atoms with Crippen LogP contribution in [0.4, 0.5) is 13.2 Å². The van der Waals surface area contributed by atoms with E-state index in [1.807, 2.05) is 0 Å². The highest BCUT2D eigenvalue weighted by Gasteiger charge is 2.32. The second-order valence-electron chi connectivity index (χ2n) is 5.93. The molecule has 1 aliphatic heterocycles. The summed E-state index contributed by atoms with van der Waals surface area (Å²) in [6, 6.07) is 2.81. The molecular formula is C16H21F3N4O3. The third-order valence-electron chi connectivity index (χ3n) is 3.90. The zero-order chi connectivity index (χ0) is 19.2. The van der Waals surface area contributed by atoms with Gasteiger partial charge in [-0.3, -0.25) is 9.59 Å². The second-order valence-corrected chi connectivity index (χ2v) is 5.93. The van der Waals surface area contributed by atoms with E-state index in [1.165, 1.54) is 23.2 Å². The number of halogens is 3. The number of aromatic nitrogens is 1. The van der Waals surface area contributed by atoms with Gasteiger partial charge in [0.2, 0.25) is 11.8 Å². The standard InChI is InChI=1S/C16H21F3N4O3/c17-16(18,19)10-26-14-12(4-1-6-22-14)15(25)23-8-2-3-11(9-23)13(24)21-7-5-20/h1,4,6,11H,2-3,5,7-10,20H2,(H,21,24). The van der Waals surface area contributed by atoms with E-state index in [-0.39, 0.29) is 29.8 Å². The molecule has 3 N–H and O–H groups in total. The lowest BCUT2D eigenvalue weighted by Gasteiger charge is -2.32. The summed E-state index contributed by atoms with van der Waals surface area (Å²) in [7, 11) is 0. The van der Waals surface area contributed by atoms with Crippen molar-refractivity contribution in [3.8, 4) is 5.88 Å². The van der Waals surface area contributed by atoms with Crippen molar-refractivity contribution in [2.75, 3.05) is 32.8 Å². The summed E-state index contributed by atoms with van der Waals surface area (Å²) in [5, 5.41) is 2.69. The fraction of sp³-hybridized carbons (Fsp3) is 0.562. The third-order valence-corrected chi connectivity index (χ3v) is 3.90. The van der Waals surface area contributed by atoms with Gasteiger partial charge >= 0.3 is 6.18 Å². The van der Waals surface area contributed by atoms with Gasteiger partial charge in [-0.25, -0.2) is 4.98 Å². The van der Waals surface area contributed by atoms with Gasteiger partial charge < -0.3 is 20.7 Å². The Morgan fingerprint density at radius 2 is 2.19 bits per heavy atom. The minimum Gasteiger partial charge on any atom is -0.467 e. The van der Waals surface area contributed by atoms with Crippen LogP contribution in [0.2, 0.25) is 0 Å². The number of nitrogens with zero attached hydrogens (tertiary/aromatic N) is 2. The molecule has 1 aromatic rings. The number of pyridine rings is 1. The molecule has 26 heavy (non-hydrogen) atoms. The minimum absolute atomic E-state index is 0.0558. The zero-order valence-corrected chi connectivity index (χ0v) is 14.1. The van der Waals surface area contributed by atoms with E-state index >= 15 is 0 Å². The Balaban J connectivity index is 2.07. The van der Waals surface area contributed by atoms with Gasteiger partial charge in [-0.1, -0.05) is 0 Å². The Hall–Kier alpha value is -2.36. The highest BCUT2D eigenvalue weighted by Crippen LogP contribution is 2.24. The Kier molecular flexibility index (Phi) is 6.78. The first kappa shape index (κ1) is 20.0. The lowest BCUT2D eigenvalue weighted by atomic mass is 9.96. The van der Waals surface area contributed by atoms with Crippen molar-refractivity contribution in [3.05, 3.63) is 23.9 Å². The highest BCUT2D eigenvalue weighted by atomic mass is 19.4. The van der Waals surface area contributed by atoms with Crippen LogP contribution in [0.25, 0.3) is 0 Å². The van der Waals surface area contributed by atoms with Crippen molar-refractivity contribution in [3.63, 3.8) is 0 Å².